The summed E-state index contributed by atoms with van der Waals surface area (Å²) in [5, 5.41) is 5.65. The van der Waals surface area contributed by atoms with E-state index in [9.17, 15) is 0 Å². The summed E-state index contributed by atoms with van der Waals surface area (Å²) in [5.74, 6) is 0.695. The molecule has 0 amide bonds. The van der Waals surface area contributed by atoms with Crippen molar-refractivity contribution in [1.82, 2.24) is 14.6 Å². The minimum Gasteiger partial charge on any atom is -0.481 e. The Morgan fingerprint density at radius 2 is 2.05 bits per heavy atom. The molecule has 0 radical (unpaired) electrons. The summed E-state index contributed by atoms with van der Waals surface area (Å²) in [4.78, 5) is 5.52. The molecule has 1 aliphatic rings. The highest BCUT2D eigenvalue weighted by atomic mass is 32.2. The van der Waals surface area contributed by atoms with E-state index in [1.807, 2.05) is 18.1 Å². The standard InChI is InChI=1S/C14H17N3OS/c1-18-14-12-3-2-4-13(11(12)5-6-16-14)19-17-9-7-15-8-10-17/h2-6,15H,7-10H2,1H3. The highest BCUT2D eigenvalue weighted by Gasteiger charge is 2.13. The number of hydrogen-bond donors (Lipinski definition) is 1. The minimum atomic E-state index is 0.695. The number of nitrogens with one attached hydrogen (secondary N) is 1. The van der Waals surface area contributed by atoms with Crippen molar-refractivity contribution in [3.05, 3.63) is 30.5 Å². The molecule has 5 heteroatoms. The molecular weight excluding hydrogens is 258 g/mol. The fourth-order valence-corrected chi connectivity index (χ4v) is 3.33. The molecule has 0 spiro atoms. The first-order valence-electron chi connectivity index (χ1n) is 6.44. The number of nitrogens with zero attached hydrogens (tertiary/aromatic N) is 2. The Labute approximate surface area is 117 Å². The number of benzene rings is 1. The Morgan fingerprint density at radius 3 is 2.84 bits per heavy atom. The molecule has 0 atom stereocenters. The number of ether oxygens (including phenoxy) is 1. The van der Waals surface area contributed by atoms with Crippen LogP contribution in [0.1, 0.15) is 0 Å². The zero-order chi connectivity index (χ0) is 13.1. The van der Waals surface area contributed by atoms with Crippen LogP contribution >= 0.6 is 11.9 Å². The van der Waals surface area contributed by atoms with Crippen LogP contribution in [0.3, 0.4) is 0 Å². The second kappa shape index (κ2) is 5.77. The van der Waals surface area contributed by atoms with E-state index in [1.165, 1.54) is 10.3 Å². The number of methoxy groups -OCH3 is 1. The van der Waals surface area contributed by atoms with Crippen molar-refractivity contribution in [2.24, 2.45) is 0 Å². The number of fused-ring (bicyclic) bond motifs is 1. The molecular formula is C14H17N3OS. The predicted molar refractivity (Wildman–Crippen MR) is 78.6 cm³/mol. The van der Waals surface area contributed by atoms with Gasteiger partial charge >= 0.3 is 0 Å². The Morgan fingerprint density at radius 1 is 1.21 bits per heavy atom. The van der Waals surface area contributed by atoms with Crippen LogP contribution in [0.2, 0.25) is 0 Å². The Hall–Kier alpha value is -1.30. The number of piperazine rings is 1. The fourth-order valence-electron chi connectivity index (χ4n) is 2.27. The maximum absolute atomic E-state index is 5.33. The van der Waals surface area contributed by atoms with Gasteiger partial charge in [0, 0.05) is 48.0 Å². The van der Waals surface area contributed by atoms with E-state index in [0.717, 1.165) is 31.6 Å². The smallest absolute Gasteiger partial charge is 0.221 e. The average molecular weight is 275 g/mol. The van der Waals surface area contributed by atoms with Gasteiger partial charge in [-0.15, -0.1) is 0 Å². The fraction of sp³-hybridized carbons (Fsp3) is 0.357. The molecule has 0 bridgehead atoms. The van der Waals surface area contributed by atoms with Crippen LogP contribution in [0.4, 0.5) is 0 Å². The van der Waals surface area contributed by atoms with Crippen molar-refractivity contribution in [3.63, 3.8) is 0 Å². The van der Waals surface area contributed by atoms with E-state index < -0.39 is 0 Å². The molecule has 19 heavy (non-hydrogen) atoms. The molecule has 0 aliphatic carbocycles. The van der Waals surface area contributed by atoms with Gasteiger partial charge in [-0.05, 0) is 30.1 Å². The quantitative estimate of drug-likeness (QED) is 0.869. The number of rotatable bonds is 3. The lowest BCUT2D eigenvalue weighted by molar-refractivity contribution is 0.396. The largest absolute Gasteiger partial charge is 0.481 e. The molecule has 1 fully saturated rings. The predicted octanol–water partition coefficient (Wildman–Crippen LogP) is 2.16. The third kappa shape index (κ3) is 2.68. The first kappa shape index (κ1) is 12.7. The molecule has 1 aliphatic heterocycles. The lowest BCUT2D eigenvalue weighted by Gasteiger charge is -2.26. The zero-order valence-corrected chi connectivity index (χ0v) is 11.7. The van der Waals surface area contributed by atoms with Gasteiger partial charge in [0.1, 0.15) is 0 Å². The van der Waals surface area contributed by atoms with Gasteiger partial charge in [0.15, 0.2) is 0 Å². The van der Waals surface area contributed by atoms with Crippen LogP contribution in [-0.4, -0.2) is 42.6 Å². The SMILES string of the molecule is COc1nccc2c(SN3CCNCC3)cccc12. The van der Waals surface area contributed by atoms with Gasteiger partial charge in [0.2, 0.25) is 5.88 Å². The summed E-state index contributed by atoms with van der Waals surface area (Å²) in [7, 11) is 1.66. The minimum absolute atomic E-state index is 0.695. The highest BCUT2D eigenvalue weighted by molar-refractivity contribution is 7.97. The second-order valence-electron chi connectivity index (χ2n) is 4.44. The van der Waals surface area contributed by atoms with Gasteiger partial charge in [-0.1, -0.05) is 6.07 Å². The van der Waals surface area contributed by atoms with Gasteiger partial charge in [0.25, 0.3) is 0 Å². The molecule has 4 nitrogen and oxygen atoms in total. The van der Waals surface area contributed by atoms with Gasteiger partial charge in [-0.2, -0.15) is 0 Å². The van der Waals surface area contributed by atoms with Crippen molar-refractivity contribution in [2.45, 2.75) is 4.90 Å². The number of hydrogen-bond acceptors (Lipinski definition) is 5. The number of aromatic nitrogens is 1. The Balaban J connectivity index is 1.94. The summed E-state index contributed by atoms with van der Waals surface area (Å²) in [6.07, 6.45) is 1.81. The molecule has 3 rings (SSSR count). The van der Waals surface area contributed by atoms with Crippen LogP contribution in [0.5, 0.6) is 5.88 Å². The van der Waals surface area contributed by atoms with Gasteiger partial charge < -0.3 is 10.1 Å². The third-order valence-electron chi connectivity index (χ3n) is 3.23. The molecule has 100 valence electrons. The molecule has 0 unspecified atom stereocenters. The average Bonchev–Trinajstić information content (AvgIpc) is 2.48. The maximum Gasteiger partial charge on any atom is 0.221 e. The van der Waals surface area contributed by atoms with Crippen molar-refractivity contribution >= 4 is 22.7 Å². The first-order valence-corrected chi connectivity index (χ1v) is 7.21. The summed E-state index contributed by atoms with van der Waals surface area (Å²) < 4.78 is 7.73. The van der Waals surface area contributed by atoms with E-state index >= 15 is 0 Å². The van der Waals surface area contributed by atoms with Crippen LogP contribution in [0.15, 0.2) is 35.4 Å². The van der Waals surface area contributed by atoms with Crippen LogP contribution in [0.25, 0.3) is 10.8 Å². The number of pyridine rings is 1. The van der Waals surface area contributed by atoms with E-state index in [-0.39, 0.29) is 0 Å². The zero-order valence-electron chi connectivity index (χ0n) is 10.9. The van der Waals surface area contributed by atoms with Crippen LogP contribution < -0.4 is 10.1 Å². The monoisotopic (exact) mass is 275 g/mol. The lowest BCUT2D eigenvalue weighted by atomic mass is 10.2. The van der Waals surface area contributed by atoms with Crippen molar-refractivity contribution in [1.29, 1.82) is 0 Å². The Kier molecular flexibility index (Phi) is 3.87. The van der Waals surface area contributed by atoms with Gasteiger partial charge in [-0.3, -0.25) is 0 Å². The van der Waals surface area contributed by atoms with E-state index in [0.29, 0.717) is 5.88 Å². The normalized spacial score (nSPS) is 16.7. The van der Waals surface area contributed by atoms with E-state index in [4.69, 9.17) is 4.74 Å². The van der Waals surface area contributed by atoms with Crippen LogP contribution in [0, 0.1) is 0 Å². The molecule has 1 aromatic heterocycles. The van der Waals surface area contributed by atoms with Crippen molar-refractivity contribution < 1.29 is 4.74 Å². The summed E-state index contributed by atoms with van der Waals surface area (Å²) in [5.41, 5.74) is 0. The van der Waals surface area contributed by atoms with Crippen molar-refractivity contribution in [2.75, 3.05) is 33.3 Å². The molecule has 1 N–H and O–H groups in total. The highest BCUT2D eigenvalue weighted by Crippen LogP contribution is 2.33. The van der Waals surface area contributed by atoms with E-state index in [2.05, 4.69) is 38.9 Å². The van der Waals surface area contributed by atoms with Gasteiger partial charge in [0.05, 0.1) is 7.11 Å². The molecule has 2 heterocycles. The lowest BCUT2D eigenvalue weighted by Crippen LogP contribution is -2.39. The van der Waals surface area contributed by atoms with Crippen LogP contribution in [-0.2, 0) is 0 Å². The third-order valence-corrected chi connectivity index (χ3v) is 4.40. The molecule has 1 saturated heterocycles. The molecule has 1 aromatic carbocycles. The summed E-state index contributed by atoms with van der Waals surface area (Å²) >= 11 is 1.82. The second-order valence-corrected chi connectivity index (χ2v) is 5.58. The summed E-state index contributed by atoms with van der Waals surface area (Å²) in [6, 6.07) is 8.34. The maximum atomic E-state index is 5.33. The molecule has 0 saturated carbocycles. The van der Waals surface area contributed by atoms with E-state index in [1.54, 1.807) is 7.11 Å². The van der Waals surface area contributed by atoms with Crippen molar-refractivity contribution in [3.8, 4) is 5.88 Å². The van der Waals surface area contributed by atoms with Gasteiger partial charge in [-0.25, -0.2) is 9.29 Å². The summed E-state index contributed by atoms with van der Waals surface area (Å²) in [6.45, 7) is 4.26. The molecule has 2 aromatic rings. The topological polar surface area (TPSA) is 37.4 Å². The first-order chi connectivity index (χ1) is 9.38. The Bertz CT molecular complexity index is 570.